The molecular weight excluding hydrogens is 617 g/mol. The Bertz CT molecular complexity index is 1570. The highest BCUT2D eigenvalue weighted by Crippen LogP contribution is 2.64. The van der Waals surface area contributed by atoms with Crippen molar-refractivity contribution in [2.45, 2.75) is 63.0 Å². The number of nitrogens with one attached hydrogen (secondary N) is 2. The summed E-state index contributed by atoms with van der Waals surface area (Å²) in [4.78, 5) is 59.7. The van der Waals surface area contributed by atoms with E-state index in [0.29, 0.717) is 5.56 Å². The molecule has 2 aromatic rings. The molecule has 4 N–H and O–H groups in total. The number of anilines is 1. The van der Waals surface area contributed by atoms with Gasteiger partial charge in [0.05, 0.1) is 17.5 Å². The number of carbonyl (C=O) groups excluding carboxylic acids is 4. The van der Waals surface area contributed by atoms with Crippen LogP contribution in [0, 0.1) is 0 Å². The molecule has 13 nitrogen and oxygen atoms in total. The molecule has 0 bridgehead atoms. The highest BCUT2D eigenvalue weighted by molar-refractivity contribution is 8.00. The Labute approximate surface area is 256 Å². The summed E-state index contributed by atoms with van der Waals surface area (Å²) < 4.78 is 32.6. The van der Waals surface area contributed by atoms with Gasteiger partial charge in [-0.05, 0) is 26.3 Å². The summed E-state index contributed by atoms with van der Waals surface area (Å²) in [6, 6.07) is 8.43. The Hall–Kier alpha value is -3.23. The normalized spacial score (nSPS) is 29.2. The lowest BCUT2D eigenvalue weighted by molar-refractivity contribution is -0.159. The summed E-state index contributed by atoms with van der Waals surface area (Å²) >= 11 is 2.35. The quantitative estimate of drug-likeness (QED) is 0.237. The molecule has 2 fully saturated rings. The first-order chi connectivity index (χ1) is 20.2. The smallest absolute Gasteiger partial charge is 0.355 e. The second kappa shape index (κ2) is 11.0. The van der Waals surface area contributed by atoms with Gasteiger partial charge in [0.15, 0.2) is 10.7 Å². The highest BCUT2D eigenvalue weighted by atomic mass is 32.2. The van der Waals surface area contributed by atoms with Gasteiger partial charge < -0.3 is 20.5 Å². The molecule has 2 amide bonds. The first kappa shape index (κ1) is 31.2. The Morgan fingerprint density at radius 3 is 2.51 bits per heavy atom. The molecule has 43 heavy (non-hydrogen) atoms. The monoisotopic (exact) mass is 649 g/mol. The van der Waals surface area contributed by atoms with E-state index in [9.17, 15) is 19.2 Å². The van der Waals surface area contributed by atoms with Gasteiger partial charge in [-0.25, -0.2) is 14.4 Å². The average Bonchev–Trinajstić information content (AvgIpc) is 3.33. The lowest BCUT2D eigenvalue weighted by Gasteiger charge is -2.48. The van der Waals surface area contributed by atoms with Crippen molar-refractivity contribution in [3.8, 4) is 0 Å². The molecule has 0 aliphatic carbocycles. The van der Waals surface area contributed by atoms with E-state index >= 15 is 4.57 Å². The van der Waals surface area contributed by atoms with Crippen molar-refractivity contribution in [3.63, 3.8) is 0 Å². The number of nitrogens with two attached hydrogens (primary N) is 1. The van der Waals surface area contributed by atoms with E-state index in [-0.39, 0.29) is 46.3 Å². The van der Waals surface area contributed by atoms with Crippen molar-refractivity contribution >= 4 is 59.4 Å². The van der Waals surface area contributed by atoms with Crippen LogP contribution in [0.5, 0.6) is 0 Å². The molecule has 0 saturated carbocycles. The van der Waals surface area contributed by atoms with Gasteiger partial charge >= 0.3 is 11.9 Å². The number of benzene rings is 1. The maximum Gasteiger partial charge on any atom is 0.355 e. The van der Waals surface area contributed by atoms with Crippen LogP contribution in [-0.2, 0) is 43.4 Å². The number of thiazole rings is 1. The SMILES string of the molecule is CCP1(=O)ONC(c2ccccc2)(c2csc(N)n2)C(=O)NC1(OC(C)=O)C1=C(C(=O)OC(C)(C)C)N2C(=O)C[C@H]2SC1. The van der Waals surface area contributed by atoms with E-state index in [1.165, 1.54) is 23.6 Å². The fraction of sp³-hybridized carbons (Fsp3) is 0.444. The third-order valence-corrected chi connectivity index (χ3v) is 11.7. The average molecular weight is 650 g/mol. The maximum absolute atomic E-state index is 15.0. The number of thioether (sulfide) groups is 1. The van der Waals surface area contributed by atoms with Crippen LogP contribution in [-0.4, -0.2) is 62.0 Å². The molecular formula is C27H32N5O8PS2. The largest absolute Gasteiger partial charge is 0.455 e. The van der Waals surface area contributed by atoms with Gasteiger partial charge in [0, 0.05) is 29.8 Å². The van der Waals surface area contributed by atoms with Crippen molar-refractivity contribution in [3.05, 3.63) is 58.2 Å². The highest BCUT2D eigenvalue weighted by Gasteiger charge is 2.65. The van der Waals surface area contributed by atoms with Crippen LogP contribution in [0.2, 0.25) is 0 Å². The lowest BCUT2D eigenvalue weighted by atomic mass is 9.86. The third kappa shape index (κ3) is 5.16. The number of hydroxylamine groups is 1. The molecule has 230 valence electrons. The van der Waals surface area contributed by atoms with Crippen LogP contribution < -0.4 is 16.5 Å². The Balaban J connectivity index is 1.80. The van der Waals surface area contributed by atoms with Crippen LogP contribution >= 0.6 is 30.5 Å². The lowest BCUT2D eigenvalue weighted by Crippen LogP contribution is -2.62. The van der Waals surface area contributed by atoms with Crippen molar-refractivity contribution < 1.29 is 37.8 Å². The summed E-state index contributed by atoms with van der Waals surface area (Å²) in [5.74, 6) is -3.08. The molecule has 0 radical (unpaired) electrons. The second-order valence-corrected chi connectivity index (χ2v) is 16.0. The molecule has 3 unspecified atom stereocenters. The number of aromatic nitrogens is 1. The maximum atomic E-state index is 15.0. The zero-order chi connectivity index (χ0) is 31.4. The van der Waals surface area contributed by atoms with Crippen LogP contribution in [0.25, 0.3) is 0 Å². The molecule has 3 aliphatic rings. The van der Waals surface area contributed by atoms with E-state index in [2.05, 4.69) is 15.8 Å². The van der Waals surface area contributed by atoms with Crippen molar-refractivity contribution in [1.82, 2.24) is 20.7 Å². The summed E-state index contributed by atoms with van der Waals surface area (Å²) in [5, 5.41) is 4.05. The number of ether oxygens (including phenoxy) is 2. The Kier molecular flexibility index (Phi) is 8.01. The molecule has 16 heteroatoms. The van der Waals surface area contributed by atoms with Crippen molar-refractivity contribution in [2.75, 3.05) is 17.6 Å². The molecule has 4 heterocycles. The topological polar surface area (TPSA) is 179 Å². The number of hydrogen-bond donors (Lipinski definition) is 3. The molecule has 5 rings (SSSR count). The van der Waals surface area contributed by atoms with Crippen LogP contribution in [0.15, 0.2) is 47.0 Å². The number of carbonyl (C=O) groups is 4. The number of fused-ring (bicyclic) bond motifs is 1. The molecule has 1 aromatic heterocycles. The van der Waals surface area contributed by atoms with Crippen molar-refractivity contribution in [2.24, 2.45) is 0 Å². The van der Waals surface area contributed by atoms with Crippen LogP contribution in [0.4, 0.5) is 5.13 Å². The van der Waals surface area contributed by atoms with Gasteiger partial charge in [-0.3, -0.25) is 23.8 Å². The first-order valence-electron chi connectivity index (χ1n) is 13.4. The molecule has 1 aromatic carbocycles. The minimum atomic E-state index is -4.38. The van der Waals surface area contributed by atoms with Gasteiger partial charge in [-0.2, -0.15) is 5.48 Å². The number of nitrogens with zero attached hydrogens (tertiary/aromatic N) is 2. The van der Waals surface area contributed by atoms with E-state index in [1.54, 1.807) is 56.5 Å². The molecule has 3 aliphatic heterocycles. The first-order valence-corrected chi connectivity index (χ1v) is 17.2. The third-order valence-electron chi connectivity index (χ3n) is 7.12. The molecule has 2 saturated heterocycles. The minimum absolute atomic E-state index is 0.0358. The fourth-order valence-electron chi connectivity index (χ4n) is 5.16. The standard InChI is InChI=1S/C27H32N5O8PS2/c1-6-41(37)27(38-15(2)33,17-13-42-20-12-19(34)32(20)21(17)22(35)39-25(3,4)5)30-23(36)26(31-40-41,16-10-8-7-9-11-16)18-14-43-24(28)29-18/h7-11,14,20,31H,6,12-13H2,1-5H3,(H2,28,29)(H,30,36)/t20-,26?,27?,41?/m1/s1. The summed E-state index contributed by atoms with van der Waals surface area (Å²) in [6.07, 6.45) is -0.0895. The summed E-state index contributed by atoms with van der Waals surface area (Å²) in [7, 11) is -4.38. The summed E-state index contributed by atoms with van der Waals surface area (Å²) in [6.45, 7) is 7.59. The van der Waals surface area contributed by atoms with Crippen LogP contribution in [0.1, 0.15) is 52.3 Å². The van der Waals surface area contributed by atoms with Crippen LogP contribution in [0.3, 0.4) is 0 Å². The number of esters is 2. The van der Waals surface area contributed by atoms with Gasteiger partial charge in [0.1, 0.15) is 11.3 Å². The van der Waals surface area contributed by atoms with E-state index in [4.69, 9.17) is 19.8 Å². The van der Waals surface area contributed by atoms with Gasteiger partial charge in [0.25, 0.3) is 18.7 Å². The van der Waals surface area contributed by atoms with E-state index in [1.807, 2.05) is 0 Å². The number of rotatable bonds is 6. The summed E-state index contributed by atoms with van der Waals surface area (Å²) in [5.41, 5.74) is 3.45. The number of β-lactam (4-membered cyclic amide) rings is 1. The molecule has 4 atom stereocenters. The zero-order valence-corrected chi connectivity index (χ0v) is 26.7. The zero-order valence-electron chi connectivity index (χ0n) is 24.2. The minimum Gasteiger partial charge on any atom is -0.455 e. The predicted octanol–water partition coefficient (Wildman–Crippen LogP) is 3.04. The Morgan fingerprint density at radius 2 is 1.95 bits per heavy atom. The fourth-order valence-corrected chi connectivity index (χ4v) is 9.34. The van der Waals surface area contributed by atoms with Gasteiger partial charge in [0.2, 0.25) is 5.91 Å². The predicted molar refractivity (Wildman–Crippen MR) is 159 cm³/mol. The van der Waals surface area contributed by atoms with Crippen molar-refractivity contribution in [1.29, 1.82) is 0 Å². The van der Waals surface area contributed by atoms with Gasteiger partial charge in [-0.15, -0.1) is 23.1 Å². The van der Waals surface area contributed by atoms with E-state index in [0.717, 1.165) is 18.3 Å². The molecule has 0 spiro atoms. The Morgan fingerprint density at radius 1 is 1.26 bits per heavy atom. The second-order valence-electron chi connectivity index (χ2n) is 11.1. The number of amides is 2. The van der Waals surface area contributed by atoms with E-state index < -0.39 is 47.2 Å². The van der Waals surface area contributed by atoms with Gasteiger partial charge in [-0.1, -0.05) is 37.3 Å². The number of nitrogen functional groups attached to an aromatic ring is 1. The number of hydrogen-bond acceptors (Lipinski definition) is 13.